The van der Waals surface area contributed by atoms with E-state index >= 15 is 0 Å². The van der Waals surface area contributed by atoms with E-state index in [1.165, 1.54) is 0 Å². The number of aliphatic hydroxyl groups excluding tert-OH is 1. The van der Waals surface area contributed by atoms with Crippen molar-refractivity contribution in [3.8, 4) is 0 Å². The number of hydrogen-bond donors (Lipinski definition) is 1. The number of nitrogens with zero attached hydrogens (tertiary/aromatic N) is 1. The van der Waals surface area contributed by atoms with Crippen molar-refractivity contribution >= 4 is 5.91 Å². The molecule has 3 nitrogen and oxygen atoms in total. The average molecular weight is 171 g/mol. The van der Waals surface area contributed by atoms with Crippen LogP contribution in [0.1, 0.15) is 32.6 Å². The second kappa shape index (κ2) is 4.45. The van der Waals surface area contributed by atoms with Gasteiger partial charge in [0.05, 0.1) is 0 Å². The summed E-state index contributed by atoms with van der Waals surface area (Å²) in [7, 11) is 0. The Bertz CT molecular complexity index is 159. The van der Waals surface area contributed by atoms with Crippen molar-refractivity contribution in [3.05, 3.63) is 0 Å². The highest BCUT2D eigenvalue weighted by atomic mass is 16.3. The lowest BCUT2D eigenvalue weighted by Gasteiger charge is -2.23. The molecule has 1 aliphatic heterocycles. The molecule has 0 aromatic heterocycles. The summed E-state index contributed by atoms with van der Waals surface area (Å²) in [6, 6.07) is 0.312. The van der Waals surface area contributed by atoms with E-state index in [-0.39, 0.29) is 12.5 Å². The molecule has 1 fully saturated rings. The van der Waals surface area contributed by atoms with E-state index in [0.29, 0.717) is 12.5 Å². The van der Waals surface area contributed by atoms with Crippen LogP contribution < -0.4 is 0 Å². The van der Waals surface area contributed by atoms with Gasteiger partial charge in [0, 0.05) is 25.6 Å². The summed E-state index contributed by atoms with van der Waals surface area (Å²) in [5.41, 5.74) is 0. The summed E-state index contributed by atoms with van der Waals surface area (Å²) >= 11 is 0. The Morgan fingerprint density at radius 3 is 2.92 bits per heavy atom. The number of aliphatic hydroxyl groups is 1. The van der Waals surface area contributed by atoms with Gasteiger partial charge in [-0.2, -0.15) is 0 Å². The third-order valence-corrected chi connectivity index (χ3v) is 2.42. The van der Waals surface area contributed by atoms with E-state index in [9.17, 15) is 4.79 Å². The van der Waals surface area contributed by atoms with Crippen LogP contribution in [0.3, 0.4) is 0 Å². The second-order valence-electron chi connectivity index (χ2n) is 3.41. The third-order valence-electron chi connectivity index (χ3n) is 2.42. The molecule has 1 saturated heterocycles. The van der Waals surface area contributed by atoms with Gasteiger partial charge in [-0.15, -0.1) is 0 Å². The van der Waals surface area contributed by atoms with E-state index in [1.54, 1.807) is 0 Å². The number of amides is 1. The van der Waals surface area contributed by atoms with Crippen molar-refractivity contribution in [2.45, 2.75) is 38.6 Å². The quantitative estimate of drug-likeness (QED) is 0.678. The molecule has 1 heterocycles. The van der Waals surface area contributed by atoms with Gasteiger partial charge in [-0.25, -0.2) is 0 Å². The van der Waals surface area contributed by atoms with E-state index in [4.69, 9.17) is 5.11 Å². The Balaban J connectivity index is 2.30. The highest BCUT2D eigenvalue weighted by Gasteiger charge is 2.24. The standard InChI is InChI=1S/C9H17NO2/c1-8(4-3-7-11)10-6-2-5-9(10)12/h8,11H,2-7H2,1H3. The molecule has 1 N–H and O–H groups in total. The van der Waals surface area contributed by atoms with Crippen molar-refractivity contribution in [3.63, 3.8) is 0 Å². The minimum atomic E-state index is 0.229. The fraction of sp³-hybridized carbons (Fsp3) is 0.889. The van der Waals surface area contributed by atoms with Crippen molar-refractivity contribution in [2.24, 2.45) is 0 Å². The number of hydrogen-bond acceptors (Lipinski definition) is 2. The molecule has 0 aromatic carbocycles. The molecule has 0 spiro atoms. The third kappa shape index (κ3) is 2.21. The van der Waals surface area contributed by atoms with Gasteiger partial charge in [0.2, 0.25) is 5.91 Å². The van der Waals surface area contributed by atoms with Crippen LogP contribution in [0.2, 0.25) is 0 Å². The van der Waals surface area contributed by atoms with Crippen LogP contribution >= 0.6 is 0 Å². The molecule has 1 atom stereocenters. The van der Waals surface area contributed by atoms with Crippen molar-refractivity contribution in [1.29, 1.82) is 0 Å². The number of carbonyl (C=O) groups excluding carboxylic acids is 1. The summed E-state index contributed by atoms with van der Waals surface area (Å²) < 4.78 is 0. The molecule has 0 aromatic rings. The fourth-order valence-electron chi connectivity index (χ4n) is 1.68. The minimum Gasteiger partial charge on any atom is -0.396 e. The molecule has 0 bridgehead atoms. The lowest BCUT2D eigenvalue weighted by atomic mass is 10.1. The normalized spacial score (nSPS) is 20.2. The van der Waals surface area contributed by atoms with E-state index in [2.05, 4.69) is 6.92 Å². The van der Waals surface area contributed by atoms with Gasteiger partial charge in [0.25, 0.3) is 0 Å². The van der Waals surface area contributed by atoms with E-state index in [1.807, 2.05) is 4.90 Å². The highest BCUT2D eigenvalue weighted by molar-refractivity contribution is 5.78. The molecule has 12 heavy (non-hydrogen) atoms. The van der Waals surface area contributed by atoms with Gasteiger partial charge >= 0.3 is 0 Å². The van der Waals surface area contributed by atoms with Gasteiger partial charge in [0.15, 0.2) is 0 Å². The van der Waals surface area contributed by atoms with Gasteiger partial charge in [0.1, 0.15) is 0 Å². The molecule has 1 unspecified atom stereocenters. The smallest absolute Gasteiger partial charge is 0.222 e. The molecular weight excluding hydrogens is 154 g/mol. The largest absolute Gasteiger partial charge is 0.396 e. The molecular formula is C9H17NO2. The lowest BCUT2D eigenvalue weighted by Crippen LogP contribution is -2.33. The minimum absolute atomic E-state index is 0.229. The monoisotopic (exact) mass is 171 g/mol. The Kier molecular flexibility index (Phi) is 3.53. The van der Waals surface area contributed by atoms with E-state index in [0.717, 1.165) is 25.8 Å². The molecule has 1 aliphatic rings. The number of likely N-dealkylation sites (tertiary alicyclic amines) is 1. The van der Waals surface area contributed by atoms with Crippen LogP contribution in [-0.2, 0) is 4.79 Å². The first kappa shape index (κ1) is 9.52. The molecule has 1 amide bonds. The van der Waals surface area contributed by atoms with Crippen LogP contribution in [-0.4, -0.2) is 35.1 Å². The van der Waals surface area contributed by atoms with E-state index < -0.39 is 0 Å². The molecule has 70 valence electrons. The maximum absolute atomic E-state index is 11.2. The second-order valence-corrected chi connectivity index (χ2v) is 3.41. The summed E-state index contributed by atoms with van der Waals surface area (Å²) in [5, 5.41) is 8.62. The summed E-state index contributed by atoms with van der Waals surface area (Å²) in [6.07, 6.45) is 3.43. The molecule has 1 rings (SSSR count). The number of carbonyl (C=O) groups is 1. The van der Waals surface area contributed by atoms with Crippen LogP contribution in [0, 0.1) is 0 Å². The first-order valence-electron chi connectivity index (χ1n) is 4.66. The number of rotatable bonds is 4. The zero-order chi connectivity index (χ0) is 8.97. The topological polar surface area (TPSA) is 40.5 Å². The molecule has 3 heteroatoms. The van der Waals surface area contributed by atoms with Gasteiger partial charge in [-0.1, -0.05) is 0 Å². The first-order valence-corrected chi connectivity index (χ1v) is 4.66. The molecule has 0 saturated carbocycles. The fourth-order valence-corrected chi connectivity index (χ4v) is 1.68. The summed E-state index contributed by atoms with van der Waals surface area (Å²) in [5.74, 6) is 0.278. The highest BCUT2D eigenvalue weighted by Crippen LogP contribution is 2.15. The molecule has 0 aliphatic carbocycles. The van der Waals surface area contributed by atoms with Gasteiger partial charge in [-0.3, -0.25) is 4.79 Å². The van der Waals surface area contributed by atoms with Crippen LogP contribution in [0.25, 0.3) is 0 Å². The predicted molar refractivity (Wildman–Crippen MR) is 46.7 cm³/mol. The maximum atomic E-state index is 11.2. The predicted octanol–water partition coefficient (Wildman–Crippen LogP) is 0.770. The Hall–Kier alpha value is -0.570. The maximum Gasteiger partial charge on any atom is 0.222 e. The van der Waals surface area contributed by atoms with Crippen LogP contribution in [0.5, 0.6) is 0 Å². The summed E-state index contributed by atoms with van der Waals surface area (Å²) in [4.78, 5) is 13.2. The Morgan fingerprint density at radius 1 is 1.67 bits per heavy atom. The SMILES string of the molecule is CC(CCCO)N1CCCC1=O. The van der Waals surface area contributed by atoms with Crippen LogP contribution in [0.4, 0.5) is 0 Å². The van der Waals surface area contributed by atoms with Gasteiger partial charge < -0.3 is 10.0 Å². The Labute approximate surface area is 73.4 Å². The summed E-state index contributed by atoms with van der Waals surface area (Å²) in [6.45, 7) is 3.19. The zero-order valence-electron chi connectivity index (χ0n) is 7.62. The first-order chi connectivity index (χ1) is 5.75. The average Bonchev–Trinajstić information content (AvgIpc) is 2.47. The van der Waals surface area contributed by atoms with Crippen molar-refractivity contribution in [1.82, 2.24) is 4.90 Å². The lowest BCUT2D eigenvalue weighted by molar-refractivity contribution is -0.129. The zero-order valence-corrected chi connectivity index (χ0v) is 7.62. The Morgan fingerprint density at radius 2 is 2.42 bits per heavy atom. The van der Waals surface area contributed by atoms with Crippen molar-refractivity contribution in [2.75, 3.05) is 13.2 Å². The van der Waals surface area contributed by atoms with Gasteiger partial charge in [-0.05, 0) is 26.2 Å². The van der Waals surface area contributed by atoms with Crippen molar-refractivity contribution < 1.29 is 9.90 Å². The molecule has 0 radical (unpaired) electrons. The van der Waals surface area contributed by atoms with Crippen LogP contribution in [0.15, 0.2) is 0 Å².